The molecule has 35 heavy (non-hydrogen) atoms. The molecule has 4 aromatic carbocycles. The van der Waals surface area contributed by atoms with E-state index in [1.54, 1.807) is 0 Å². The first-order valence-electron chi connectivity index (χ1n) is 13.1. The Bertz CT molecular complexity index is 1030. The van der Waals surface area contributed by atoms with Gasteiger partial charge >= 0.3 is 0 Å². The number of allylic oxidation sites excluding steroid dienone is 1. The van der Waals surface area contributed by atoms with Crippen LogP contribution >= 0.6 is 7.26 Å². The molecular formula is C34H38P+. The van der Waals surface area contributed by atoms with Gasteiger partial charge in [0.25, 0.3) is 0 Å². The molecule has 178 valence electrons. The Morgan fingerprint density at radius 2 is 0.914 bits per heavy atom. The van der Waals surface area contributed by atoms with E-state index in [1.165, 1.54) is 65.3 Å². The quantitative estimate of drug-likeness (QED) is 0.104. The van der Waals surface area contributed by atoms with Crippen molar-refractivity contribution >= 4 is 23.2 Å². The van der Waals surface area contributed by atoms with Crippen LogP contribution in [0.4, 0.5) is 0 Å². The van der Waals surface area contributed by atoms with Crippen LogP contribution in [0.1, 0.15) is 43.2 Å². The summed E-state index contributed by atoms with van der Waals surface area (Å²) in [6, 6.07) is 43.0. The van der Waals surface area contributed by atoms with Crippen molar-refractivity contribution in [1.29, 1.82) is 0 Å². The predicted octanol–water partition coefficient (Wildman–Crippen LogP) is 7.90. The summed E-state index contributed by atoms with van der Waals surface area (Å²) in [5, 5.41) is 4.48. The zero-order valence-electron chi connectivity index (χ0n) is 20.9. The Hall–Kier alpha value is -2.95. The molecule has 0 aliphatic rings. The van der Waals surface area contributed by atoms with Gasteiger partial charge in [-0.15, -0.1) is 6.58 Å². The van der Waals surface area contributed by atoms with E-state index in [0.29, 0.717) is 0 Å². The summed E-state index contributed by atoms with van der Waals surface area (Å²) in [6.07, 6.45) is 11.6. The van der Waals surface area contributed by atoms with Crippen molar-refractivity contribution in [2.45, 2.75) is 44.9 Å². The molecule has 0 aromatic heterocycles. The highest BCUT2D eigenvalue weighted by Crippen LogP contribution is 2.55. The first kappa shape index (κ1) is 25.2. The first-order chi connectivity index (χ1) is 17.3. The number of unbranched alkanes of at least 4 members (excludes halogenated alkanes) is 3. The lowest BCUT2D eigenvalue weighted by Crippen LogP contribution is -2.33. The second kappa shape index (κ2) is 13.2. The fraction of sp³-hybridized carbons (Fsp3) is 0.235. The Morgan fingerprint density at radius 1 is 0.486 bits per heavy atom. The topological polar surface area (TPSA) is 0 Å². The van der Waals surface area contributed by atoms with Crippen molar-refractivity contribution in [3.8, 4) is 0 Å². The van der Waals surface area contributed by atoms with E-state index < -0.39 is 7.26 Å². The van der Waals surface area contributed by atoms with Gasteiger partial charge in [-0.25, -0.2) is 0 Å². The Kier molecular flexibility index (Phi) is 9.50. The second-order valence-corrected chi connectivity index (χ2v) is 13.0. The van der Waals surface area contributed by atoms with Gasteiger partial charge in [0.2, 0.25) is 0 Å². The van der Waals surface area contributed by atoms with E-state index in [4.69, 9.17) is 0 Å². The summed E-state index contributed by atoms with van der Waals surface area (Å²) >= 11 is 0. The van der Waals surface area contributed by atoms with Crippen LogP contribution < -0.4 is 15.9 Å². The van der Waals surface area contributed by atoms with Crippen molar-refractivity contribution < 1.29 is 0 Å². The zero-order valence-corrected chi connectivity index (χ0v) is 21.8. The monoisotopic (exact) mass is 477 g/mol. The number of aryl methyl sites for hydroxylation is 2. The molecule has 0 bridgehead atoms. The van der Waals surface area contributed by atoms with E-state index in [2.05, 4.69) is 122 Å². The molecule has 0 N–H and O–H groups in total. The average molecular weight is 478 g/mol. The Labute approximate surface area is 213 Å². The maximum Gasteiger partial charge on any atom is 0.112 e. The molecule has 0 atom stereocenters. The second-order valence-electron chi connectivity index (χ2n) is 9.35. The molecular weight excluding hydrogens is 439 g/mol. The number of hydrogen-bond acceptors (Lipinski definition) is 0. The minimum atomic E-state index is -1.68. The SMILES string of the molecule is C=CCCc1ccc(CCCCCC[P+](c2ccccc2)(c2ccccc2)c2ccccc2)cc1. The van der Waals surface area contributed by atoms with Crippen LogP contribution in [-0.4, -0.2) is 6.16 Å². The molecule has 0 radical (unpaired) electrons. The van der Waals surface area contributed by atoms with Crippen LogP contribution in [0.3, 0.4) is 0 Å². The van der Waals surface area contributed by atoms with E-state index in [9.17, 15) is 0 Å². The highest BCUT2D eigenvalue weighted by Gasteiger charge is 2.44. The molecule has 4 aromatic rings. The van der Waals surface area contributed by atoms with E-state index in [-0.39, 0.29) is 0 Å². The molecule has 0 nitrogen and oxygen atoms in total. The highest BCUT2D eigenvalue weighted by molar-refractivity contribution is 7.95. The van der Waals surface area contributed by atoms with Crippen molar-refractivity contribution in [3.63, 3.8) is 0 Å². The zero-order chi connectivity index (χ0) is 24.2. The van der Waals surface area contributed by atoms with Gasteiger partial charge in [0.1, 0.15) is 23.2 Å². The molecule has 0 fully saturated rings. The molecule has 0 aliphatic carbocycles. The number of rotatable bonds is 13. The molecule has 0 saturated heterocycles. The molecule has 0 heterocycles. The lowest BCUT2D eigenvalue weighted by Gasteiger charge is -2.27. The number of hydrogen-bond donors (Lipinski definition) is 0. The van der Waals surface area contributed by atoms with Gasteiger partial charge in [0.05, 0.1) is 6.16 Å². The normalized spacial score (nSPS) is 11.3. The third kappa shape index (κ3) is 6.59. The van der Waals surface area contributed by atoms with Gasteiger partial charge in [0.15, 0.2) is 0 Å². The van der Waals surface area contributed by atoms with Crippen LogP contribution in [-0.2, 0) is 12.8 Å². The lowest BCUT2D eigenvalue weighted by molar-refractivity contribution is 0.669. The summed E-state index contributed by atoms with van der Waals surface area (Å²) in [7, 11) is -1.68. The van der Waals surface area contributed by atoms with Gasteiger partial charge < -0.3 is 0 Å². The van der Waals surface area contributed by atoms with Crippen molar-refractivity contribution in [2.24, 2.45) is 0 Å². The smallest absolute Gasteiger partial charge is 0.103 e. The van der Waals surface area contributed by atoms with Gasteiger partial charge in [-0.1, -0.05) is 91.4 Å². The predicted molar refractivity (Wildman–Crippen MR) is 157 cm³/mol. The standard InChI is InChI=1S/C34H38P/c1-2-3-17-30-25-27-31(28-26-30)18-9-4-5-16-29-35(32-19-10-6-11-20-32,33-21-12-7-13-22-33)34-23-14-8-15-24-34/h2,6-8,10-15,19-28H,1,3-5,9,16-18,29H2/q+1. The Balaban J connectivity index is 1.42. The Morgan fingerprint density at radius 3 is 1.37 bits per heavy atom. The van der Waals surface area contributed by atoms with Gasteiger partial charge in [-0.05, 0) is 86.1 Å². The van der Waals surface area contributed by atoms with E-state index in [0.717, 1.165) is 12.8 Å². The molecule has 4 rings (SSSR count). The maximum atomic E-state index is 3.83. The highest BCUT2D eigenvalue weighted by atomic mass is 31.2. The lowest BCUT2D eigenvalue weighted by atomic mass is 10.0. The van der Waals surface area contributed by atoms with Crippen LogP contribution in [0.15, 0.2) is 128 Å². The van der Waals surface area contributed by atoms with Crippen LogP contribution in [0.2, 0.25) is 0 Å². The summed E-state index contributed by atoms with van der Waals surface area (Å²) in [5.74, 6) is 0. The van der Waals surface area contributed by atoms with Crippen LogP contribution in [0, 0.1) is 0 Å². The van der Waals surface area contributed by atoms with Gasteiger partial charge in [0, 0.05) is 0 Å². The largest absolute Gasteiger partial charge is 0.112 e. The molecule has 0 amide bonds. The van der Waals surface area contributed by atoms with Crippen LogP contribution in [0.5, 0.6) is 0 Å². The summed E-state index contributed by atoms with van der Waals surface area (Å²) in [6.45, 7) is 3.83. The van der Waals surface area contributed by atoms with Crippen molar-refractivity contribution in [1.82, 2.24) is 0 Å². The van der Waals surface area contributed by atoms with E-state index >= 15 is 0 Å². The fourth-order valence-corrected chi connectivity index (χ4v) is 9.47. The molecule has 0 unspecified atom stereocenters. The third-order valence-electron chi connectivity index (χ3n) is 6.96. The number of benzene rings is 4. The molecule has 1 heteroatoms. The van der Waals surface area contributed by atoms with E-state index in [1.807, 2.05) is 6.08 Å². The van der Waals surface area contributed by atoms with Crippen molar-refractivity contribution in [2.75, 3.05) is 6.16 Å². The average Bonchev–Trinajstić information content (AvgIpc) is 2.94. The third-order valence-corrected chi connectivity index (χ3v) is 11.5. The minimum Gasteiger partial charge on any atom is -0.103 e. The summed E-state index contributed by atoms with van der Waals surface area (Å²) < 4.78 is 0. The molecule has 0 aliphatic heterocycles. The first-order valence-corrected chi connectivity index (χ1v) is 15.0. The fourth-order valence-electron chi connectivity index (χ4n) is 5.05. The summed E-state index contributed by atoms with van der Waals surface area (Å²) in [5.41, 5.74) is 2.88. The molecule has 0 spiro atoms. The summed E-state index contributed by atoms with van der Waals surface area (Å²) in [4.78, 5) is 0. The minimum absolute atomic E-state index is 1.05. The maximum absolute atomic E-state index is 3.83. The van der Waals surface area contributed by atoms with Crippen LogP contribution in [0.25, 0.3) is 0 Å². The van der Waals surface area contributed by atoms with Gasteiger partial charge in [-0.3, -0.25) is 0 Å². The van der Waals surface area contributed by atoms with Crippen molar-refractivity contribution in [3.05, 3.63) is 139 Å². The molecule has 0 saturated carbocycles. The van der Waals surface area contributed by atoms with Gasteiger partial charge in [-0.2, -0.15) is 0 Å².